The molecule has 0 saturated carbocycles. The van der Waals surface area contributed by atoms with Crippen molar-refractivity contribution in [2.75, 3.05) is 6.16 Å². The molecule has 0 saturated heterocycles. The Bertz CT molecular complexity index is 429. The summed E-state index contributed by atoms with van der Waals surface area (Å²) < 4.78 is 32.7. The van der Waals surface area contributed by atoms with Gasteiger partial charge in [0.15, 0.2) is 4.90 Å². The minimum Gasteiger partial charge on any atom is -0.324 e. The summed E-state index contributed by atoms with van der Waals surface area (Å²) >= 11 is 0. The van der Waals surface area contributed by atoms with Crippen LogP contribution in [0.2, 0.25) is 0 Å². The van der Waals surface area contributed by atoms with Gasteiger partial charge in [0.05, 0.1) is 6.16 Å². The van der Waals surface area contributed by atoms with Gasteiger partial charge in [0, 0.05) is 0 Å². The second-order valence-corrected chi connectivity index (χ2v) is 9.93. The summed E-state index contributed by atoms with van der Waals surface area (Å²) in [6.07, 6.45) is 0.684. The van der Waals surface area contributed by atoms with Crippen LogP contribution in [-0.4, -0.2) is 40.4 Å². The van der Waals surface area contributed by atoms with Gasteiger partial charge in [-0.2, -0.15) is 0 Å². The molecule has 0 aliphatic heterocycles. The van der Waals surface area contributed by atoms with Gasteiger partial charge < -0.3 is 29.4 Å². The van der Waals surface area contributed by atoms with Gasteiger partial charge in [0.2, 0.25) is 0 Å². The van der Waals surface area contributed by atoms with E-state index < -0.39 is 33.8 Å². The van der Waals surface area contributed by atoms with Crippen LogP contribution >= 0.6 is 22.8 Å². The number of hydrogen-bond donors (Lipinski definition) is 6. The highest BCUT2D eigenvalue weighted by Crippen LogP contribution is 2.69. The molecule has 0 aromatic heterocycles. The van der Waals surface area contributed by atoms with Crippen molar-refractivity contribution in [2.45, 2.75) is 18.2 Å². The van der Waals surface area contributed by atoms with Gasteiger partial charge in [-0.3, -0.25) is 13.7 Å². The van der Waals surface area contributed by atoms with Crippen molar-refractivity contribution >= 4 is 22.8 Å². The summed E-state index contributed by atoms with van der Waals surface area (Å²) in [7, 11) is -14.5. The third-order valence-electron chi connectivity index (χ3n) is 2.20. The lowest BCUT2D eigenvalue weighted by atomic mass is 10.3. The first kappa shape index (κ1) is 18.2. The molecule has 0 aromatic carbocycles. The molecule has 6 N–H and O–H groups in total. The average Bonchev–Trinajstić information content (AvgIpc) is 2.06. The summed E-state index contributed by atoms with van der Waals surface area (Å²) in [4.78, 5) is 50.2. The number of rotatable bonds is 6. The summed E-state index contributed by atoms with van der Waals surface area (Å²) in [5.74, 6) is 0. The van der Waals surface area contributed by atoms with Gasteiger partial charge in [0.1, 0.15) is 0 Å². The summed E-state index contributed by atoms with van der Waals surface area (Å²) in [5.41, 5.74) is 0. The van der Waals surface area contributed by atoms with Crippen LogP contribution in [0, 0.1) is 0 Å². The van der Waals surface area contributed by atoms with Crippen molar-refractivity contribution in [1.82, 2.24) is 0 Å². The Labute approximate surface area is 103 Å². The first-order chi connectivity index (χ1) is 7.71. The van der Waals surface area contributed by atoms with E-state index in [0.29, 0.717) is 13.0 Å². The van der Waals surface area contributed by atoms with Crippen molar-refractivity contribution in [2.24, 2.45) is 0 Å². The fourth-order valence-electron chi connectivity index (χ4n) is 0.913. The Morgan fingerprint density at radius 2 is 1.33 bits per heavy atom. The molecule has 108 valence electrons. The zero-order chi connectivity index (χ0) is 14.8. The SMILES string of the molecule is CC(/C=C/CCP(=O)(O)O)(P(=O)(O)O)P(=O)(O)O. The van der Waals surface area contributed by atoms with Crippen molar-refractivity contribution in [3.8, 4) is 0 Å². The van der Waals surface area contributed by atoms with Crippen LogP contribution in [0.5, 0.6) is 0 Å². The van der Waals surface area contributed by atoms with Crippen molar-refractivity contribution in [3.63, 3.8) is 0 Å². The standard InChI is InChI=1S/C6H15O9P3/c1-6(17(10,11)12,18(13,14)15)4-2-3-5-16(7,8)9/h2,4H,3,5H2,1H3,(H2,7,8,9)(H2,10,11,12)(H2,13,14,15)/b4-2+. The molecule has 0 rings (SSSR count). The first-order valence-corrected chi connectivity index (χ1v) is 9.56. The lowest BCUT2D eigenvalue weighted by Gasteiger charge is -2.27. The molecule has 0 fully saturated rings. The molecule has 0 atom stereocenters. The molecule has 0 amide bonds. The third-order valence-corrected chi connectivity index (χ3v) is 7.26. The molecule has 0 heterocycles. The van der Waals surface area contributed by atoms with Crippen molar-refractivity contribution < 1.29 is 43.1 Å². The van der Waals surface area contributed by atoms with E-state index in [2.05, 4.69) is 0 Å². The summed E-state index contributed by atoms with van der Waals surface area (Å²) in [6.45, 7) is 0.683. The van der Waals surface area contributed by atoms with E-state index in [-0.39, 0.29) is 6.42 Å². The van der Waals surface area contributed by atoms with Crippen LogP contribution in [0.4, 0.5) is 0 Å². The van der Waals surface area contributed by atoms with Gasteiger partial charge in [-0.25, -0.2) is 0 Å². The molecule has 9 nitrogen and oxygen atoms in total. The number of allylic oxidation sites excluding steroid dienone is 2. The fourth-order valence-corrected chi connectivity index (χ4v) is 3.36. The predicted molar refractivity (Wildman–Crippen MR) is 63.2 cm³/mol. The smallest absolute Gasteiger partial charge is 0.324 e. The Morgan fingerprint density at radius 1 is 0.944 bits per heavy atom. The fraction of sp³-hybridized carbons (Fsp3) is 0.667. The molecule has 0 aliphatic rings. The van der Waals surface area contributed by atoms with E-state index in [9.17, 15) is 13.7 Å². The normalized spacial score (nSPS) is 15.3. The van der Waals surface area contributed by atoms with E-state index in [1.807, 2.05) is 0 Å². The van der Waals surface area contributed by atoms with Gasteiger partial charge in [-0.05, 0) is 13.3 Å². The minimum absolute atomic E-state index is 0.264. The minimum atomic E-state index is -5.13. The summed E-state index contributed by atoms with van der Waals surface area (Å²) in [5, 5.41) is 0. The maximum atomic E-state index is 11.1. The second-order valence-electron chi connectivity index (χ2n) is 3.76. The van der Waals surface area contributed by atoms with Gasteiger partial charge >= 0.3 is 22.8 Å². The molecular formula is C6H15O9P3. The van der Waals surface area contributed by atoms with Crippen LogP contribution in [0.25, 0.3) is 0 Å². The topological polar surface area (TPSA) is 173 Å². The Balaban J connectivity index is 5.09. The summed E-state index contributed by atoms with van der Waals surface area (Å²) in [6, 6.07) is 0. The molecule has 18 heavy (non-hydrogen) atoms. The van der Waals surface area contributed by atoms with Crippen molar-refractivity contribution in [1.29, 1.82) is 0 Å². The second kappa shape index (κ2) is 5.67. The maximum absolute atomic E-state index is 11.1. The zero-order valence-corrected chi connectivity index (χ0v) is 12.0. The largest absolute Gasteiger partial charge is 0.347 e. The average molecular weight is 324 g/mol. The first-order valence-electron chi connectivity index (χ1n) is 4.54. The van der Waals surface area contributed by atoms with E-state index in [1.54, 1.807) is 0 Å². The van der Waals surface area contributed by atoms with Crippen LogP contribution in [0.15, 0.2) is 12.2 Å². The van der Waals surface area contributed by atoms with E-state index in [4.69, 9.17) is 29.4 Å². The molecule has 12 heteroatoms. The highest BCUT2D eigenvalue weighted by molar-refractivity contribution is 7.72. The molecule has 0 unspecified atom stereocenters. The molecule has 0 bridgehead atoms. The van der Waals surface area contributed by atoms with Gasteiger partial charge in [-0.15, -0.1) is 0 Å². The van der Waals surface area contributed by atoms with Crippen LogP contribution in [0.3, 0.4) is 0 Å². The lowest BCUT2D eigenvalue weighted by Crippen LogP contribution is -2.22. The molecule has 0 spiro atoms. The van der Waals surface area contributed by atoms with Crippen LogP contribution in [0.1, 0.15) is 13.3 Å². The lowest BCUT2D eigenvalue weighted by molar-refractivity contribution is 0.326. The van der Waals surface area contributed by atoms with Gasteiger partial charge in [0.25, 0.3) is 0 Å². The van der Waals surface area contributed by atoms with E-state index in [0.717, 1.165) is 6.08 Å². The van der Waals surface area contributed by atoms with E-state index >= 15 is 0 Å². The van der Waals surface area contributed by atoms with E-state index in [1.165, 1.54) is 0 Å². The number of hydrogen-bond acceptors (Lipinski definition) is 3. The zero-order valence-electron chi connectivity index (χ0n) is 9.32. The Hall–Kier alpha value is 0.190. The predicted octanol–water partition coefficient (Wildman–Crippen LogP) is 0.182. The Kier molecular flexibility index (Phi) is 5.73. The quantitative estimate of drug-likeness (QED) is 0.294. The highest BCUT2D eigenvalue weighted by atomic mass is 31.2. The molecule has 0 aliphatic carbocycles. The Morgan fingerprint density at radius 3 is 1.61 bits per heavy atom. The monoisotopic (exact) mass is 324 g/mol. The van der Waals surface area contributed by atoms with Gasteiger partial charge in [-0.1, -0.05) is 12.2 Å². The molecule has 0 radical (unpaired) electrons. The van der Waals surface area contributed by atoms with Crippen LogP contribution < -0.4 is 0 Å². The van der Waals surface area contributed by atoms with Crippen molar-refractivity contribution in [3.05, 3.63) is 12.2 Å². The maximum Gasteiger partial charge on any atom is 0.347 e. The van der Waals surface area contributed by atoms with Crippen LogP contribution in [-0.2, 0) is 13.7 Å². The molecule has 0 aromatic rings. The highest BCUT2D eigenvalue weighted by Gasteiger charge is 2.54. The molecular weight excluding hydrogens is 309 g/mol. The third kappa shape index (κ3) is 5.05.